The number of pyridine rings is 1. The molecule has 0 bridgehead atoms. The lowest BCUT2D eigenvalue weighted by Gasteiger charge is -2.00. The number of hydrogen-bond donors (Lipinski definition) is 2. The average molecular weight is 207 g/mol. The van der Waals surface area contributed by atoms with Crippen LogP contribution in [0.3, 0.4) is 0 Å². The standard InChI is InChI=1S/C10H9NO4/c1-6-4-7(2-3-8(12)13)9(10(14)15)11-5-6/h2-5H,1H3,(H,12,13)(H,14,15). The highest BCUT2D eigenvalue weighted by Crippen LogP contribution is 2.10. The predicted molar refractivity (Wildman–Crippen MR) is 52.6 cm³/mol. The number of aryl methyl sites for hydroxylation is 1. The van der Waals surface area contributed by atoms with Crippen molar-refractivity contribution in [2.75, 3.05) is 0 Å². The smallest absolute Gasteiger partial charge is 0.355 e. The fourth-order valence-electron chi connectivity index (χ4n) is 1.06. The number of carbonyl (C=O) groups is 2. The zero-order valence-electron chi connectivity index (χ0n) is 7.97. The molecule has 5 nitrogen and oxygen atoms in total. The highest BCUT2D eigenvalue weighted by molar-refractivity contribution is 5.92. The van der Waals surface area contributed by atoms with Crippen molar-refractivity contribution in [2.24, 2.45) is 0 Å². The van der Waals surface area contributed by atoms with Gasteiger partial charge in [0.2, 0.25) is 0 Å². The molecule has 1 aromatic heterocycles. The van der Waals surface area contributed by atoms with E-state index in [2.05, 4.69) is 4.98 Å². The molecule has 0 aromatic carbocycles. The van der Waals surface area contributed by atoms with Crippen molar-refractivity contribution < 1.29 is 19.8 Å². The van der Waals surface area contributed by atoms with Crippen LogP contribution < -0.4 is 0 Å². The van der Waals surface area contributed by atoms with Crippen molar-refractivity contribution in [1.82, 2.24) is 4.98 Å². The summed E-state index contributed by atoms with van der Waals surface area (Å²) >= 11 is 0. The van der Waals surface area contributed by atoms with E-state index >= 15 is 0 Å². The van der Waals surface area contributed by atoms with Crippen LogP contribution in [0.15, 0.2) is 18.3 Å². The van der Waals surface area contributed by atoms with Gasteiger partial charge in [-0.3, -0.25) is 0 Å². The van der Waals surface area contributed by atoms with E-state index in [1.54, 1.807) is 13.0 Å². The molecule has 0 saturated heterocycles. The Hall–Kier alpha value is -2.17. The molecular formula is C10H9NO4. The Morgan fingerprint density at radius 2 is 2.07 bits per heavy atom. The zero-order valence-corrected chi connectivity index (χ0v) is 7.97. The number of rotatable bonds is 3. The summed E-state index contributed by atoms with van der Waals surface area (Å²) in [4.78, 5) is 24.7. The molecule has 0 aliphatic heterocycles. The van der Waals surface area contributed by atoms with Crippen LogP contribution in [0.25, 0.3) is 6.08 Å². The average Bonchev–Trinajstić information content (AvgIpc) is 2.14. The van der Waals surface area contributed by atoms with Crippen molar-refractivity contribution in [3.05, 3.63) is 35.2 Å². The zero-order chi connectivity index (χ0) is 11.4. The molecule has 0 radical (unpaired) electrons. The van der Waals surface area contributed by atoms with Gasteiger partial charge in [0.25, 0.3) is 0 Å². The number of nitrogens with zero attached hydrogens (tertiary/aromatic N) is 1. The summed E-state index contributed by atoms with van der Waals surface area (Å²) in [6.45, 7) is 1.75. The molecule has 0 saturated carbocycles. The van der Waals surface area contributed by atoms with Gasteiger partial charge < -0.3 is 10.2 Å². The molecule has 0 amide bonds. The van der Waals surface area contributed by atoms with Gasteiger partial charge in [0, 0.05) is 17.8 Å². The van der Waals surface area contributed by atoms with Gasteiger partial charge in [-0.05, 0) is 24.6 Å². The molecule has 0 aliphatic rings. The summed E-state index contributed by atoms with van der Waals surface area (Å²) < 4.78 is 0. The van der Waals surface area contributed by atoms with Crippen molar-refractivity contribution in [3.63, 3.8) is 0 Å². The Morgan fingerprint density at radius 3 is 2.60 bits per heavy atom. The summed E-state index contributed by atoms with van der Waals surface area (Å²) in [6, 6.07) is 1.57. The van der Waals surface area contributed by atoms with Crippen molar-refractivity contribution >= 4 is 18.0 Å². The van der Waals surface area contributed by atoms with Gasteiger partial charge in [0.15, 0.2) is 5.69 Å². The van der Waals surface area contributed by atoms with Crippen LogP contribution >= 0.6 is 0 Å². The van der Waals surface area contributed by atoms with Gasteiger partial charge >= 0.3 is 11.9 Å². The first-order valence-electron chi connectivity index (χ1n) is 4.11. The number of aliphatic carboxylic acids is 1. The molecule has 0 aliphatic carbocycles. The third-order valence-corrected chi connectivity index (χ3v) is 1.66. The van der Waals surface area contributed by atoms with Gasteiger partial charge in [-0.15, -0.1) is 0 Å². The summed E-state index contributed by atoms with van der Waals surface area (Å²) in [5, 5.41) is 17.2. The number of aromatic nitrogens is 1. The van der Waals surface area contributed by atoms with E-state index in [4.69, 9.17) is 10.2 Å². The quantitative estimate of drug-likeness (QED) is 0.727. The third kappa shape index (κ3) is 2.91. The lowest BCUT2D eigenvalue weighted by Crippen LogP contribution is -2.03. The molecule has 1 aromatic rings. The van der Waals surface area contributed by atoms with Crippen LogP contribution in [0, 0.1) is 6.92 Å². The highest BCUT2D eigenvalue weighted by Gasteiger charge is 2.09. The Bertz CT molecular complexity index is 437. The van der Waals surface area contributed by atoms with E-state index in [0.29, 0.717) is 0 Å². The molecule has 0 unspecified atom stereocenters. The van der Waals surface area contributed by atoms with E-state index in [-0.39, 0.29) is 11.3 Å². The minimum atomic E-state index is -1.18. The molecule has 0 atom stereocenters. The van der Waals surface area contributed by atoms with E-state index in [9.17, 15) is 9.59 Å². The molecule has 1 rings (SSSR count). The summed E-state index contributed by atoms with van der Waals surface area (Å²) in [5.74, 6) is -2.31. The molecule has 1 heterocycles. The first-order chi connectivity index (χ1) is 7.00. The van der Waals surface area contributed by atoms with Gasteiger partial charge in [-0.1, -0.05) is 0 Å². The van der Waals surface area contributed by atoms with Gasteiger partial charge in [0.05, 0.1) is 0 Å². The minimum Gasteiger partial charge on any atom is -0.478 e. The second kappa shape index (κ2) is 4.36. The molecule has 15 heavy (non-hydrogen) atoms. The van der Waals surface area contributed by atoms with Crippen molar-refractivity contribution in [1.29, 1.82) is 0 Å². The van der Waals surface area contributed by atoms with Crippen LogP contribution in [0.2, 0.25) is 0 Å². The molecular weight excluding hydrogens is 198 g/mol. The molecule has 78 valence electrons. The lowest BCUT2D eigenvalue weighted by atomic mass is 10.1. The Labute approximate surface area is 85.7 Å². The SMILES string of the molecule is Cc1cnc(C(=O)O)c(C=CC(=O)O)c1. The maximum atomic E-state index is 10.7. The maximum absolute atomic E-state index is 10.7. The van der Waals surface area contributed by atoms with Crippen molar-refractivity contribution in [2.45, 2.75) is 6.92 Å². The summed E-state index contributed by atoms with van der Waals surface area (Å²) in [7, 11) is 0. The molecule has 0 fully saturated rings. The summed E-state index contributed by atoms with van der Waals surface area (Å²) in [5.41, 5.74) is 0.896. The second-order valence-corrected chi connectivity index (χ2v) is 2.93. The van der Waals surface area contributed by atoms with Crippen molar-refractivity contribution in [3.8, 4) is 0 Å². The second-order valence-electron chi connectivity index (χ2n) is 2.93. The van der Waals surface area contributed by atoms with E-state index in [1.807, 2.05) is 0 Å². The minimum absolute atomic E-state index is 0.155. The Kier molecular flexibility index (Phi) is 3.17. The van der Waals surface area contributed by atoms with Gasteiger partial charge in [-0.2, -0.15) is 0 Å². The first-order valence-corrected chi connectivity index (χ1v) is 4.11. The third-order valence-electron chi connectivity index (χ3n) is 1.66. The Balaban J connectivity index is 3.18. The number of aromatic carboxylic acids is 1. The molecule has 0 spiro atoms. The monoisotopic (exact) mass is 207 g/mol. The molecule has 5 heteroatoms. The predicted octanol–water partition coefficient (Wildman–Crippen LogP) is 1.19. The Morgan fingerprint density at radius 1 is 1.40 bits per heavy atom. The fraction of sp³-hybridized carbons (Fsp3) is 0.100. The van der Waals surface area contributed by atoms with Gasteiger partial charge in [-0.25, -0.2) is 14.6 Å². The lowest BCUT2D eigenvalue weighted by molar-refractivity contribution is -0.131. The van der Waals surface area contributed by atoms with E-state index in [1.165, 1.54) is 12.3 Å². The maximum Gasteiger partial charge on any atom is 0.355 e. The number of hydrogen-bond acceptors (Lipinski definition) is 3. The van der Waals surface area contributed by atoms with Crippen LogP contribution in [0.5, 0.6) is 0 Å². The van der Waals surface area contributed by atoms with Gasteiger partial charge in [0.1, 0.15) is 0 Å². The largest absolute Gasteiger partial charge is 0.478 e. The topological polar surface area (TPSA) is 87.5 Å². The van der Waals surface area contributed by atoms with Crippen LogP contribution in [-0.2, 0) is 4.79 Å². The molecule has 2 N–H and O–H groups in total. The van der Waals surface area contributed by atoms with E-state index in [0.717, 1.165) is 11.6 Å². The summed E-state index contributed by atoms with van der Waals surface area (Å²) in [6.07, 6.45) is 3.51. The number of carboxylic acids is 2. The van der Waals surface area contributed by atoms with Crippen LogP contribution in [0.1, 0.15) is 21.6 Å². The fourth-order valence-corrected chi connectivity index (χ4v) is 1.06. The van der Waals surface area contributed by atoms with Crippen LogP contribution in [0.4, 0.5) is 0 Å². The number of carboxylic acid groups (broad SMARTS) is 2. The normalized spacial score (nSPS) is 10.5. The highest BCUT2D eigenvalue weighted by atomic mass is 16.4. The van der Waals surface area contributed by atoms with Crippen LogP contribution in [-0.4, -0.2) is 27.1 Å². The van der Waals surface area contributed by atoms with E-state index < -0.39 is 11.9 Å². The first kappa shape index (κ1) is 10.9.